The van der Waals surface area contributed by atoms with Crippen LogP contribution in [0.5, 0.6) is 11.5 Å². The molecule has 53 heavy (non-hydrogen) atoms. The van der Waals surface area contributed by atoms with Crippen molar-refractivity contribution in [1.29, 1.82) is 0 Å². The first-order valence-electron chi connectivity index (χ1n) is 17.6. The number of benzene rings is 2. The van der Waals surface area contributed by atoms with Crippen molar-refractivity contribution in [3.8, 4) is 11.5 Å². The van der Waals surface area contributed by atoms with Crippen LogP contribution in [-0.4, -0.2) is 94.7 Å². The molecule has 5 aromatic rings. The SMILES string of the molecule is CCc1cc([C@H]2O[C@@H](n3cnc4c(NCC(c5ccc(O)cc5)c5ccc(O)cc5)nc(N5CC[C@@H](NC(=O)OC(C)(C)C)C5)nc43)[C@H](O)[C@@H]2O)on1. The minimum Gasteiger partial charge on any atom is -0.508 e. The van der Waals surface area contributed by atoms with E-state index in [4.69, 9.17) is 24.0 Å². The van der Waals surface area contributed by atoms with Crippen LogP contribution in [0.1, 0.15) is 74.9 Å². The molecule has 5 atom stereocenters. The van der Waals surface area contributed by atoms with E-state index < -0.39 is 36.2 Å². The van der Waals surface area contributed by atoms with Gasteiger partial charge in [-0.05, 0) is 69.0 Å². The number of amides is 1. The smallest absolute Gasteiger partial charge is 0.407 e. The average molecular weight is 729 g/mol. The Labute approximate surface area is 305 Å². The summed E-state index contributed by atoms with van der Waals surface area (Å²) >= 11 is 0. The van der Waals surface area contributed by atoms with Gasteiger partial charge in [-0.3, -0.25) is 4.57 Å². The Kier molecular flexibility index (Phi) is 9.85. The van der Waals surface area contributed by atoms with Crippen LogP contribution in [0.2, 0.25) is 0 Å². The molecule has 5 heterocycles. The number of phenols is 2. The van der Waals surface area contributed by atoms with E-state index >= 15 is 0 Å². The molecule has 0 unspecified atom stereocenters. The normalized spacial score (nSPS) is 21.8. The molecule has 0 bridgehead atoms. The number of anilines is 2. The Morgan fingerprint density at radius 2 is 1.70 bits per heavy atom. The number of alkyl carbamates (subject to hydrolysis) is 1. The van der Waals surface area contributed by atoms with Crippen molar-refractivity contribution in [2.24, 2.45) is 0 Å². The van der Waals surface area contributed by atoms with Crippen molar-refractivity contribution in [2.75, 3.05) is 29.9 Å². The Morgan fingerprint density at radius 1 is 1.02 bits per heavy atom. The third kappa shape index (κ3) is 7.70. The van der Waals surface area contributed by atoms with Gasteiger partial charge in [0, 0.05) is 31.6 Å². The fourth-order valence-corrected chi connectivity index (χ4v) is 6.68. The van der Waals surface area contributed by atoms with Crippen molar-refractivity contribution in [3.63, 3.8) is 0 Å². The first-order valence-corrected chi connectivity index (χ1v) is 17.6. The molecule has 7 rings (SSSR count). The number of rotatable bonds is 10. The van der Waals surface area contributed by atoms with Gasteiger partial charge in [0.2, 0.25) is 5.95 Å². The number of aliphatic hydroxyl groups is 2. The van der Waals surface area contributed by atoms with Gasteiger partial charge in [0.05, 0.1) is 18.1 Å². The summed E-state index contributed by atoms with van der Waals surface area (Å²) in [6.07, 6.45) is -2.49. The zero-order chi connectivity index (χ0) is 37.4. The highest BCUT2D eigenvalue weighted by atomic mass is 16.6. The second kappa shape index (κ2) is 14.5. The van der Waals surface area contributed by atoms with Crippen molar-refractivity contribution >= 4 is 29.0 Å². The van der Waals surface area contributed by atoms with E-state index in [9.17, 15) is 25.2 Å². The summed E-state index contributed by atoms with van der Waals surface area (Å²) < 4.78 is 18.7. The molecule has 0 spiro atoms. The quantitative estimate of drug-likeness (QED) is 0.119. The van der Waals surface area contributed by atoms with Crippen molar-refractivity contribution < 1.29 is 39.2 Å². The van der Waals surface area contributed by atoms with Crippen LogP contribution in [0.25, 0.3) is 11.2 Å². The van der Waals surface area contributed by atoms with Gasteiger partial charge in [-0.1, -0.05) is 36.3 Å². The predicted molar refractivity (Wildman–Crippen MR) is 193 cm³/mol. The Balaban J connectivity index is 1.23. The van der Waals surface area contributed by atoms with E-state index in [0.29, 0.717) is 66.9 Å². The Morgan fingerprint density at radius 3 is 2.32 bits per heavy atom. The molecule has 0 saturated carbocycles. The number of aromatic nitrogens is 5. The molecule has 0 radical (unpaired) electrons. The standard InChI is InChI=1S/C37H44N8O8/c1-5-22-16-27(53-43-22)31-29(48)30(49)34(51-31)45-19-39-28-32(38-17-26(20-6-10-24(46)11-7-20)21-8-12-25(47)13-9-21)41-35(42-33(28)45)44-15-14-23(18-44)40-36(50)52-37(2,3)4/h6-13,16,19,23,26,29-31,34,46-49H,5,14-15,17-18H2,1-4H3,(H,40,50)(H,38,41,42)/t23-,29+,30-,31-,34-/m1/s1. The number of nitrogens with zero attached hydrogens (tertiary/aromatic N) is 6. The van der Waals surface area contributed by atoms with Gasteiger partial charge in [-0.15, -0.1) is 0 Å². The fourth-order valence-electron chi connectivity index (χ4n) is 6.68. The summed E-state index contributed by atoms with van der Waals surface area (Å²) in [6.45, 7) is 8.65. The van der Waals surface area contributed by atoms with Crippen LogP contribution in [-0.2, 0) is 15.9 Å². The van der Waals surface area contributed by atoms with Gasteiger partial charge < -0.3 is 50.0 Å². The van der Waals surface area contributed by atoms with Crippen LogP contribution < -0.4 is 15.5 Å². The van der Waals surface area contributed by atoms with Crippen LogP contribution in [0.3, 0.4) is 0 Å². The minimum atomic E-state index is -1.36. The lowest BCUT2D eigenvalue weighted by molar-refractivity contribution is -0.0434. The number of aromatic hydroxyl groups is 2. The Hall–Kier alpha value is -5.45. The van der Waals surface area contributed by atoms with Gasteiger partial charge in [0.25, 0.3) is 0 Å². The van der Waals surface area contributed by atoms with E-state index in [2.05, 4.69) is 20.8 Å². The molecule has 280 valence electrons. The molecule has 3 aromatic heterocycles. The number of ether oxygens (including phenoxy) is 2. The van der Waals surface area contributed by atoms with Gasteiger partial charge in [-0.25, -0.2) is 9.78 Å². The van der Waals surface area contributed by atoms with Crippen molar-refractivity contribution in [1.82, 2.24) is 30.0 Å². The first-order chi connectivity index (χ1) is 25.4. The predicted octanol–water partition coefficient (Wildman–Crippen LogP) is 4.13. The van der Waals surface area contributed by atoms with Gasteiger partial charge in [0.15, 0.2) is 29.0 Å². The topological polar surface area (TPSA) is 213 Å². The summed E-state index contributed by atoms with van der Waals surface area (Å²) in [5, 5.41) is 52.7. The van der Waals surface area contributed by atoms with Gasteiger partial charge >= 0.3 is 6.09 Å². The minimum absolute atomic E-state index is 0.140. The van der Waals surface area contributed by atoms with Crippen LogP contribution in [0, 0.1) is 0 Å². The van der Waals surface area contributed by atoms with Crippen molar-refractivity contribution in [2.45, 2.75) is 82.6 Å². The van der Waals surface area contributed by atoms with Gasteiger partial charge in [-0.2, -0.15) is 9.97 Å². The second-order valence-corrected chi connectivity index (χ2v) is 14.4. The van der Waals surface area contributed by atoms with Gasteiger partial charge in [0.1, 0.15) is 35.4 Å². The molecule has 2 aromatic carbocycles. The zero-order valence-corrected chi connectivity index (χ0v) is 29.9. The van der Waals surface area contributed by atoms with E-state index in [0.717, 1.165) is 11.1 Å². The molecule has 6 N–H and O–H groups in total. The van der Waals surface area contributed by atoms with Crippen LogP contribution >= 0.6 is 0 Å². The van der Waals surface area contributed by atoms with E-state index in [1.54, 1.807) is 34.9 Å². The number of carbonyl (C=O) groups excluding carboxylic acids is 1. The molecule has 0 aliphatic carbocycles. The number of hydrogen-bond donors (Lipinski definition) is 6. The highest BCUT2D eigenvalue weighted by Crippen LogP contribution is 2.41. The molecule has 2 saturated heterocycles. The summed E-state index contributed by atoms with van der Waals surface area (Å²) in [6, 6.07) is 15.3. The van der Waals surface area contributed by atoms with Crippen LogP contribution in [0.4, 0.5) is 16.6 Å². The molecule has 2 aliphatic heterocycles. The van der Waals surface area contributed by atoms with E-state index in [1.807, 2.05) is 56.9 Å². The lowest BCUT2D eigenvalue weighted by Gasteiger charge is -2.23. The number of fused-ring (bicyclic) bond motifs is 1. The zero-order valence-electron chi connectivity index (χ0n) is 29.9. The Bertz CT molecular complexity index is 2000. The first kappa shape index (κ1) is 35.9. The molecule has 2 fully saturated rings. The van der Waals surface area contributed by atoms with Crippen molar-refractivity contribution in [3.05, 3.63) is 83.5 Å². The maximum absolute atomic E-state index is 12.6. The maximum atomic E-state index is 12.6. The largest absolute Gasteiger partial charge is 0.508 e. The third-order valence-corrected chi connectivity index (χ3v) is 9.40. The van der Waals surface area contributed by atoms with Crippen LogP contribution in [0.15, 0.2) is 65.4 Å². The summed E-state index contributed by atoms with van der Waals surface area (Å²) in [7, 11) is 0. The summed E-state index contributed by atoms with van der Waals surface area (Å²) in [5.41, 5.74) is 2.61. The number of imidazole rings is 1. The molecular formula is C37H44N8O8. The highest BCUT2D eigenvalue weighted by Gasteiger charge is 2.47. The third-order valence-electron chi connectivity index (χ3n) is 9.40. The number of aryl methyl sites for hydroxylation is 1. The van der Waals surface area contributed by atoms with E-state index in [1.165, 1.54) is 6.33 Å². The number of nitrogens with one attached hydrogen (secondary N) is 2. The molecule has 2 aliphatic rings. The molecular weight excluding hydrogens is 684 g/mol. The average Bonchev–Trinajstić information content (AvgIpc) is 3.93. The fraction of sp³-hybridized carbons (Fsp3) is 0.432. The lowest BCUT2D eigenvalue weighted by atomic mass is 9.91. The monoisotopic (exact) mass is 728 g/mol. The number of aliphatic hydroxyl groups excluding tert-OH is 2. The number of carbonyl (C=O) groups is 1. The number of hydrogen-bond acceptors (Lipinski definition) is 14. The summed E-state index contributed by atoms with van der Waals surface area (Å²) in [4.78, 5) is 29.0. The molecule has 16 heteroatoms. The second-order valence-electron chi connectivity index (χ2n) is 14.4. The molecule has 1 amide bonds. The van der Waals surface area contributed by atoms with E-state index in [-0.39, 0.29) is 23.5 Å². The highest BCUT2D eigenvalue weighted by molar-refractivity contribution is 5.84. The summed E-state index contributed by atoms with van der Waals surface area (Å²) in [5.74, 6) is 1.11. The molecule has 16 nitrogen and oxygen atoms in total. The number of phenolic OH excluding ortho intramolecular Hbond substituents is 2. The maximum Gasteiger partial charge on any atom is 0.407 e. The lowest BCUT2D eigenvalue weighted by Crippen LogP contribution is -2.40.